The van der Waals surface area contributed by atoms with Crippen LogP contribution in [0.2, 0.25) is 0 Å². The molecule has 0 spiro atoms. The fourth-order valence-corrected chi connectivity index (χ4v) is 3.49. The fourth-order valence-electron chi connectivity index (χ4n) is 3.49. The summed E-state index contributed by atoms with van der Waals surface area (Å²) in [5, 5.41) is 3.45. The van der Waals surface area contributed by atoms with Crippen LogP contribution in [0.3, 0.4) is 0 Å². The van der Waals surface area contributed by atoms with Crippen LogP contribution in [-0.4, -0.2) is 41.5 Å². The molecule has 0 aromatic carbocycles. The summed E-state index contributed by atoms with van der Waals surface area (Å²) >= 11 is 0. The van der Waals surface area contributed by atoms with Gasteiger partial charge in [0.2, 0.25) is 5.91 Å². The van der Waals surface area contributed by atoms with E-state index in [1.54, 1.807) is 0 Å². The molecule has 20 heavy (non-hydrogen) atoms. The summed E-state index contributed by atoms with van der Waals surface area (Å²) < 4.78 is 0. The van der Waals surface area contributed by atoms with Crippen LogP contribution in [0.25, 0.3) is 0 Å². The molecule has 2 rings (SSSR count). The van der Waals surface area contributed by atoms with Gasteiger partial charge in [0.1, 0.15) is 0 Å². The lowest BCUT2D eigenvalue weighted by Crippen LogP contribution is -2.57. The van der Waals surface area contributed by atoms with E-state index in [0.29, 0.717) is 18.1 Å². The van der Waals surface area contributed by atoms with Gasteiger partial charge in [-0.1, -0.05) is 19.3 Å². The van der Waals surface area contributed by atoms with Gasteiger partial charge < -0.3 is 16.0 Å². The van der Waals surface area contributed by atoms with Crippen LogP contribution in [0.1, 0.15) is 65.2 Å². The third-order valence-corrected chi connectivity index (χ3v) is 5.19. The SMILES string of the molecule is CC(CC(C)(NC1CC1)C(N)=O)N(C)C1CCCCC1. The third-order valence-electron chi connectivity index (χ3n) is 5.19. The molecule has 2 fully saturated rings. The van der Waals surface area contributed by atoms with Crippen molar-refractivity contribution in [3.8, 4) is 0 Å². The van der Waals surface area contributed by atoms with E-state index >= 15 is 0 Å². The van der Waals surface area contributed by atoms with Gasteiger partial charge in [0.15, 0.2) is 0 Å². The highest BCUT2D eigenvalue weighted by Gasteiger charge is 2.39. The Balaban J connectivity index is 1.92. The van der Waals surface area contributed by atoms with E-state index in [1.807, 2.05) is 6.92 Å². The lowest BCUT2D eigenvalue weighted by atomic mass is 9.89. The highest BCUT2D eigenvalue weighted by molar-refractivity contribution is 5.84. The van der Waals surface area contributed by atoms with Gasteiger partial charge in [-0.3, -0.25) is 4.79 Å². The molecule has 0 heterocycles. The third kappa shape index (κ3) is 3.95. The molecule has 1 amide bonds. The maximum atomic E-state index is 11.9. The summed E-state index contributed by atoms with van der Waals surface area (Å²) in [6, 6.07) is 1.55. The van der Waals surface area contributed by atoms with Gasteiger partial charge in [-0.25, -0.2) is 0 Å². The number of primary amides is 1. The Morgan fingerprint density at radius 1 is 1.30 bits per heavy atom. The Labute approximate surface area is 123 Å². The van der Waals surface area contributed by atoms with Crippen LogP contribution in [0.4, 0.5) is 0 Å². The number of carbonyl (C=O) groups is 1. The minimum atomic E-state index is -0.566. The first-order valence-corrected chi connectivity index (χ1v) is 8.22. The molecule has 2 aliphatic rings. The summed E-state index contributed by atoms with van der Waals surface area (Å²) in [6.45, 7) is 4.20. The van der Waals surface area contributed by atoms with Crippen molar-refractivity contribution in [3.05, 3.63) is 0 Å². The van der Waals surface area contributed by atoms with Crippen molar-refractivity contribution >= 4 is 5.91 Å². The topological polar surface area (TPSA) is 58.4 Å². The zero-order valence-corrected chi connectivity index (χ0v) is 13.3. The second-order valence-electron chi connectivity index (χ2n) is 7.13. The summed E-state index contributed by atoms with van der Waals surface area (Å²) in [6.07, 6.45) is 9.80. The molecule has 116 valence electrons. The molecule has 4 nitrogen and oxygen atoms in total. The smallest absolute Gasteiger partial charge is 0.237 e. The van der Waals surface area contributed by atoms with Crippen LogP contribution in [0.5, 0.6) is 0 Å². The molecule has 4 heteroatoms. The first-order chi connectivity index (χ1) is 9.42. The highest BCUT2D eigenvalue weighted by Crippen LogP contribution is 2.28. The molecule has 0 aromatic heterocycles. The van der Waals surface area contributed by atoms with Gasteiger partial charge >= 0.3 is 0 Å². The lowest BCUT2D eigenvalue weighted by Gasteiger charge is -2.39. The van der Waals surface area contributed by atoms with E-state index in [9.17, 15) is 4.79 Å². The van der Waals surface area contributed by atoms with Gasteiger partial charge in [0, 0.05) is 18.1 Å². The average Bonchev–Trinajstić information content (AvgIpc) is 3.22. The number of nitrogens with two attached hydrogens (primary N) is 1. The largest absolute Gasteiger partial charge is 0.368 e. The lowest BCUT2D eigenvalue weighted by molar-refractivity contribution is -0.124. The van der Waals surface area contributed by atoms with Crippen molar-refractivity contribution in [2.75, 3.05) is 7.05 Å². The molecule has 0 radical (unpaired) electrons. The number of hydrogen-bond acceptors (Lipinski definition) is 3. The normalized spacial score (nSPS) is 25.4. The molecule has 2 unspecified atom stereocenters. The number of nitrogens with zero attached hydrogens (tertiary/aromatic N) is 1. The van der Waals surface area contributed by atoms with Gasteiger partial charge in [0.25, 0.3) is 0 Å². The van der Waals surface area contributed by atoms with Gasteiger partial charge in [-0.2, -0.15) is 0 Å². The predicted octanol–water partition coefficient (Wildman–Crippen LogP) is 2.03. The molecule has 0 bridgehead atoms. The Kier molecular flexibility index (Phi) is 5.08. The van der Waals surface area contributed by atoms with E-state index in [0.717, 1.165) is 6.42 Å². The molecular formula is C16H31N3O. The van der Waals surface area contributed by atoms with Crippen molar-refractivity contribution < 1.29 is 4.79 Å². The van der Waals surface area contributed by atoms with E-state index < -0.39 is 5.54 Å². The molecule has 0 saturated heterocycles. The van der Waals surface area contributed by atoms with Gasteiger partial charge in [0.05, 0.1) is 5.54 Å². The Bertz CT molecular complexity index is 337. The number of carbonyl (C=O) groups excluding carboxylic acids is 1. The zero-order chi connectivity index (χ0) is 14.8. The molecule has 2 atom stereocenters. The van der Waals surface area contributed by atoms with E-state index in [1.165, 1.54) is 44.9 Å². The molecule has 2 saturated carbocycles. The van der Waals surface area contributed by atoms with E-state index in [-0.39, 0.29) is 5.91 Å². The van der Waals surface area contributed by atoms with Crippen molar-refractivity contribution in [2.45, 2.75) is 88.9 Å². The zero-order valence-electron chi connectivity index (χ0n) is 13.3. The Morgan fingerprint density at radius 2 is 1.90 bits per heavy atom. The predicted molar refractivity (Wildman–Crippen MR) is 82.5 cm³/mol. The number of rotatable bonds is 7. The summed E-state index contributed by atoms with van der Waals surface area (Å²) in [7, 11) is 2.21. The van der Waals surface area contributed by atoms with Crippen molar-refractivity contribution in [2.24, 2.45) is 5.73 Å². The summed E-state index contributed by atoms with van der Waals surface area (Å²) in [5.74, 6) is -0.215. The maximum absolute atomic E-state index is 11.9. The monoisotopic (exact) mass is 281 g/mol. The van der Waals surface area contributed by atoms with Crippen LogP contribution in [0, 0.1) is 0 Å². The average molecular weight is 281 g/mol. The van der Waals surface area contributed by atoms with Gasteiger partial charge in [-0.15, -0.1) is 0 Å². The second-order valence-corrected chi connectivity index (χ2v) is 7.13. The maximum Gasteiger partial charge on any atom is 0.237 e. The highest BCUT2D eigenvalue weighted by atomic mass is 16.1. The summed E-state index contributed by atoms with van der Waals surface area (Å²) in [4.78, 5) is 14.3. The van der Waals surface area contributed by atoms with Crippen LogP contribution in [0.15, 0.2) is 0 Å². The molecule has 0 aromatic rings. The van der Waals surface area contributed by atoms with Crippen LogP contribution < -0.4 is 11.1 Å². The van der Waals surface area contributed by atoms with Crippen molar-refractivity contribution in [3.63, 3.8) is 0 Å². The fraction of sp³-hybridized carbons (Fsp3) is 0.938. The number of hydrogen-bond donors (Lipinski definition) is 2. The van der Waals surface area contributed by atoms with Crippen molar-refractivity contribution in [1.82, 2.24) is 10.2 Å². The first kappa shape index (κ1) is 15.8. The summed E-state index contributed by atoms with van der Waals surface area (Å²) in [5.41, 5.74) is 5.09. The minimum Gasteiger partial charge on any atom is -0.368 e. The number of amides is 1. The molecule has 2 aliphatic carbocycles. The van der Waals surface area contributed by atoms with E-state index in [2.05, 4.69) is 24.2 Å². The molecular weight excluding hydrogens is 250 g/mol. The molecule has 3 N–H and O–H groups in total. The van der Waals surface area contributed by atoms with Gasteiger partial charge in [-0.05, 0) is 53.0 Å². The Morgan fingerprint density at radius 3 is 2.40 bits per heavy atom. The van der Waals surface area contributed by atoms with Crippen LogP contribution >= 0.6 is 0 Å². The van der Waals surface area contributed by atoms with E-state index in [4.69, 9.17) is 5.73 Å². The first-order valence-electron chi connectivity index (χ1n) is 8.22. The standard InChI is InChI=1S/C16H31N3O/c1-12(19(3)14-7-5-4-6-8-14)11-16(2,15(17)20)18-13-9-10-13/h12-14,18H,4-11H2,1-3H3,(H2,17,20). The quantitative estimate of drug-likeness (QED) is 0.750. The minimum absolute atomic E-state index is 0.215. The second kappa shape index (κ2) is 6.44. The molecule has 0 aliphatic heterocycles. The Hall–Kier alpha value is -0.610. The van der Waals surface area contributed by atoms with Crippen molar-refractivity contribution in [1.29, 1.82) is 0 Å². The van der Waals surface area contributed by atoms with Crippen LogP contribution in [-0.2, 0) is 4.79 Å². The number of nitrogens with one attached hydrogen (secondary N) is 1.